The third-order valence-corrected chi connectivity index (χ3v) is 4.50. The highest BCUT2D eigenvalue weighted by Crippen LogP contribution is 2.10. The van der Waals surface area contributed by atoms with Crippen LogP contribution in [0.1, 0.15) is 6.92 Å². The van der Waals surface area contributed by atoms with E-state index in [0.29, 0.717) is 0 Å². The van der Waals surface area contributed by atoms with Gasteiger partial charge in [0.15, 0.2) is 0 Å². The summed E-state index contributed by atoms with van der Waals surface area (Å²) in [7, 11) is 2.65. The van der Waals surface area contributed by atoms with Gasteiger partial charge < -0.3 is 18.3 Å². The van der Waals surface area contributed by atoms with E-state index in [0.717, 1.165) is 6.04 Å². The van der Waals surface area contributed by atoms with Crippen LogP contribution in [0.3, 0.4) is 0 Å². The van der Waals surface area contributed by atoms with Gasteiger partial charge in [-0.15, -0.1) is 0 Å². The standard InChI is InChI=1S/C5H14O3Si.C3H4N2/c1-5-9(6-2,7-3)8-4;1-2-5-3-4-1/h5H2,1-4H3;1-3H,(H,4,5). The maximum atomic E-state index is 5.08. The highest BCUT2D eigenvalue weighted by molar-refractivity contribution is 6.60. The summed E-state index contributed by atoms with van der Waals surface area (Å²) in [5, 5.41) is 0. The first-order valence-electron chi connectivity index (χ1n) is 4.32. The topological polar surface area (TPSA) is 56.4 Å². The Bertz CT molecular complexity index is 168. The number of aromatic amines is 1. The van der Waals surface area contributed by atoms with Gasteiger partial charge in [-0.2, -0.15) is 0 Å². The quantitative estimate of drug-likeness (QED) is 0.774. The molecule has 0 fully saturated rings. The molecule has 0 atom stereocenters. The summed E-state index contributed by atoms with van der Waals surface area (Å²) in [4.78, 5) is 6.42. The zero-order valence-electron chi connectivity index (χ0n) is 9.11. The lowest BCUT2D eigenvalue weighted by Crippen LogP contribution is -2.41. The van der Waals surface area contributed by atoms with Gasteiger partial charge in [0.2, 0.25) is 0 Å². The van der Waals surface area contributed by atoms with E-state index in [4.69, 9.17) is 13.3 Å². The summed E-state index contributed by atoms with van der Waals surface area (Å²) < 4.78 is 15.2. The van der Waals surface area contributed by atoms with Crippen LogP contribution >= 0.6 is 0 Å². The second-order valence-corrected chi connectivity index (χ2v) is 5.71. The van der Waals surface area contributed by atoms with Crippen LogP contribution in [0.2, 0.25) is 6.04 Å². The molecule has 1 N–H and O–H groups in total. The van der Waals surface area contributed by atoms with Gasteiger partial charge in [0, 0.05) is 39.8 Å². The smallest absolute Gasteiger partial charge is 0.377 e. The van der Waals surface area contributed by atoms with Crippen LogP contribution in [0.4, 0.5) is 0 Å². The van der Waals surface area contributed by atoms with Gasteiger partial charge in [0.05, 0.1) is 6.33 Å². The molecule has 0 aromatic carbocycles. The molecule has 0 unspecified atom stereocenters. The Kier molecular flexibility index (Phi) is 7.31. The van der Waals surface area contributed by atoms with E-state index in [1.165, 1.54) is 0 Å². The highest BCUT2D eigenvalue weighted by Gasteiger charge is 2.34. The first-order valence-corrected chi connectivity index (χ1v) is 6.26. The maximum absolute atomic E-state index is 5.08. The molecule has 0 saturated heterocycles. The van der Waals surface area contributed by atoms with Crippen molar-refractivity contribution < 1.29 is 13.3 Å². The lowest BCUT2D eigenvalue weighted by atomic mass is 11.0. The van der Waals surface area contributed by atoms with Crippen LogP contribution in [-0.4, -0.2) is 40.1 Å². The maximum Gasteiger partial charge on any atom is 0.499 e. The predicted octanol–water partition coefficient (Wildman–Crippen LogP) is 1.29. The van der Waals surface area contributed by atoms with Crippen molar-refractivity contribution >= 4 is 8.80 Å². The Balaban J connectivity index is 0.000000280. The van der Waals surface area contributed by atoms with Gasteiger partial charge in [-0.3, -0.25) is 0 Å². The van der Waals surface area contributed by atoms with Gasteiger partial charge in [0.1, 0.15) is 0 Å². The largest absolute Gasteiger partial charge is 0.499 e. The molecule has 1 heterocycles. The third-order valence-electron chi connectivity index (χ3n) is 1.77. The Morgan fingerprint density at radius 1 is 1.21 bits per heavy atom. The number of hydrogen-bond acceptors (Lipinski definition) is 4. The normalized spacial score (nSPS) is 10.6. The molecule has 1 rings (SSSR count). The Hall–Kier alpha value is -0.693. The van der Waals surface area contributed by atoms with Gasteiger partial charge >= 0.3 is 8.80 Å². The number of H-pyrrole nitrogens is 1. The van der Waals surface area contributed by atoms with Crippen LogP contribution in [0.15, 0.2) is 18.7 Å². The summed E-state index contributed by atoms with van der Waals surface area (Å²) in [6.07, 6.45) is 5.08. The Labute approximate surface area is 85.8 Å². The van der Waals surface area contributed by atoms with E-state index in [9.17, 15) is 0 Å². The minimum absolute atomic E-state index is 0.816. The van der Waals surface area contributed by atoms with Gasteiger partial charge in [-0.25, -0.2) is 4.98 Å². The zero-order chi connectivity index (χ0) is 10.9. The molecule has 82 valence electrons. The first-order chi connectivity index (χ1) is 6.74. The number of imidazole rings is 1. The van der Waals surface area contributed by atoms with Gasteiger partial charge in [0.25, 0.3) is 0 Å². The molecule has 0 saturated carbocycles. The summed E-state index contributed by atoms with van der Waals surface area (Å²) >= 11 is 0. The van der Waals surface area contributed by atoms with Crippen molar-refractivity contribution in [2.45, 2.75) is 13.0 Å². The summed E-state index contributed by atoms with van der Waals surface area (Å²) in [5.74, 6) is 0. The molecule has 14 heavy (non-hydrogen) atoms. The van der Waals surface area contributed by atoms with Gasteiger partial charge in [-0.1, -0.05) is 6.92 Å². The number of aromatic nitrogens is 2. The molecule has 0 bridgehead atoms. The first kappa shape index (κ1) is 13.3. The van der Waals surface area contributed by atoms with E-state index < -0.39 is 8.80 Å². The van der Waals surface area contributed by atoms with Gasteiger partial charge in [-0.05, 0) is 0 Å². The predicted molar refractivity (Wildman–Crippen MR) is 55.8 cm³/mol. The summed E-state index contributed by atoms with van der Waals surface area (Å²) in [5.41, 5.74) is 0. The second kappa shape index (κ2) is 7.69. The second-order valence-electron chi connectivity index (χ2n) is 2.41. The zero-order valence-corrected chi connectivity index (χ0v) is 10.1. The van der Waals surface area contributed by atoms with Crippen molar-refractivity contribution in [3.05, 3.63) is 18.7 Å². The number of rotatable bonds is 4. The van der Waals surface area contributed by atoms with Crippen molar-refractivity contribution in [2.24, 2.45) is 0 Å². The fourth-order valence-corrected chi connectivity index (χ4v) is 2.26. The minimum atomic E-state index is -2.19. The molecule has 0 aliphatic rings. The molecular formula is C8H18N2O3Si. The molecule has 1 aromatic rings. The fraction of sp³-hybridized carbons (Fsp3) is 0.625. The van der Waals surface area contributed by atoms with Crippen molar-refractivity contribution in [3.8, 4) is 0 Å². The van der Waals surface area contributed by atoms with E-state index >= 15 is 0 Å². The Morgan fingerprint density at radius 3 is 1.86 bits per heavy atom. The number of nitrogens with zero attached hydrogens (tertiary/aromatic N) is 1. The highest BCUT2D eigenvalue weighted by atomic mass is 28.4. The molecule has 5 nitrogen and oxygen atoms in total. The lowest BCUT2D eigenvalue weighted by molar-refractivity contribution is 0.125. The SMILES string of the molecule is CC[Si](OC)(OC)OC.c1c[nH]cn1. The van der Waals surface area contributed by atoms with Crippen LogP contribution in [0.5, 0.6) is 0 Å². The van der Waals surface area contributed by atoms with E-state index in [-0.39, 0.29) is 0 Å². The van der Waals surface area contributed by atoms with Crippen molar-refractivity contribution in [1.82, 2.24) is 9.97 Å². The average molecular weight is 218 g/mol. The molecular weight excluding hydrogens is 200 g/mol. The number of nitrogens with one attached hydrogen (secondary N) is 1. The fourth-order valence-electron chi connectivity index (χ4n) is 0.898. The molecule has 0 amide bonds. The van der Waals surface area contributed by atoms with Crippen LogP contribution in [-0.2, 0) is 13.3 Å². The summed E-state index contributed by atoms with van der Waals surface area (Å²) in [6.45, 7) is 1.99. The van der Waals surface area contributed by atoms with Crippen molar-refractivity contribution in [2.75, 3.05) is 21.3 Å². The van der Waals surface area contributed by atoms with Crippen molar-refractivity contribution in [3.63, 3.8) is 0 Å². The third kappa shape index (κ3) is 4.52. The summed E-state index contributed by atoms with van der Waals surface area (Å²) in [6, 6.07) is 0.816. The molecule has 0 aliphatic carbocycles. The molecule has 0 aliphatic heterocycles. The van der Waals surface area contributed by atoms with Crippen molar-refractivity contribution in [1.29, 1.82) is 0 Å². The average Bonchev–Trinajstić information content (AvgIpc) is 2.80. The minimum Gasteiger partial charge on any atom is -0.377 e. The molecule has 1 aromatic heterocycles. The molecule has 0 radical (unpaired) electrons. The van der Waals surface area contributed by atoms with Crippen LogP contribution < -0.4 is 0 Å². The van der Waals surface area contributed by atoms with E-state index in [1.54, 1.807) is 40.1 Å². The number of hydrogen-bond donors (Lipinski definition) is 1. The Morgan fingerprint density at radius 2 is 1.79 bits per heavy atom. The van der Waals surface area contributed by atoms with E-state index in [1.807, 2.05) is 6.92 Å². The van der Waals surface area contributed by atoms with Crippen LogP contribution in [0, 0.1) is 0 Å². The molecule has 6 heteroatoms. The van der Waals surface area contributed by atoms with E-state index in [2.05, 4.69) is 9.97 Å². The lowest BCUT2D eigenvalue weighted by Gasteiger charge is -2.22. The monoisotopic (exact) mass is 218 g/mol. The van der Waals surface area contributed by atoms with Crippen LogP contribution in [0.25, 0.3) is 0 Å². The molecule has 0 spiro atoms.